The highest BCUT2D eigenvalue weighted by atomic mass is 127. The smallest absolute Gasteiger partial charge is 0.193 e. The van der Waals surface area contributed by atoms with E-state index in [2.05, 4.69) is 45.3 Å². The van der Waals surface area contributed by atoms with Crippen molar-refractivity contribution in [1.29, 1.82) is 0 Å². The van der Waals surface area contributed by atoms with Gasteiger partial charge in [-0.15, -0.1) is 35.7 Å². The van der Waals surface area contributed by atoms with Crippen molar-refractivity contribution in [2.75, 3.05) is 19.0 Å². The number of thioether (sulfide) groups is 1. The Hall–Kier alpha value is -0.930. The third kappa shape index (κ3) is 6.90. The quantitative estimate of drug-likeness (QED) is 0.243. The van der Waals surface area contributed by atoms with Gasteiger partial charge in [-0.05, 0) is 36.4 Å². The molecule has 0 aliphatic carbocycles. The molecular formula is C17H21BrIN3OS. The van der Waals surface area contributed by atoms with Gasteiger partial charge in [-0.3, -0.25) is 4.99 Å². The Labute approximate surface area is 172 Å². The molecule has 0 amide bonds. The number of nitrogens with one attached hydrogen (secondary N) is 1. The molecule has 3 N–H and O–H groups in total. The maximum Gasteiger partial charge on any atom is 0.193 e. The van der Waals surface area contributed by atoms with Crippen molar-refractivity contribution in [3.8, 4) is 5.75 Å². The number of nitrogens with two attached hydrogens (primary N) is 1. The minimum absolute atomic E-state index is 0. The van der Waals surface area contributed by atoms with Gasteiger partial charge in [0.25, 0.3) is 0 Å². The molecule has 0 aliphatic rings. The highest BCUT2D eigenvalue weighted by Crippen LogP contribution is 2.25. The van der Waals surface area contributed by atoms with Gasteiger partial charge in [0.1, 0.15) is 5.75 Å². The van der Waals surface area contributed by atoms with Crippen molar-refractivity contribution in [2.24, 2.45) is 10.7 Å². The summed E-state index contributed by atoms with van der Waals surface area (Å²) in [6.45, 7) is 2.77. The Balaban J connectivity index is 0.00000288. The average Bonchev–Trinajstić information content (AvgIpc) is 2.55. The lowest BCUT2D eigenvalue weighted by Crippen LogP contribution is -2.24. The number of hydrogen-bond donors (Lipinski definition) is 2. The molecule has 2 aromatic carbocycles. The lowest BCUT2D eigenvalue weighted by molar-refractivity contribution is 0.417. The van der Waals surface area contributed by atoms with Gasteiger partial charge >= 0.3 is 0 Å². The number of hydrogen-bond acceptors (Lipinski definition) is 3. The van der Waals surface area contributed by atoms with E-state index in [0.717, 1.165) is 15.9 Å². The summed E-state index contributed by atoms with van der Waals surface area (Å²) in [7, 11) is 1.63. The van der Waals surface area contributed by atoms with E-state index in [4.69, 9.17) is 10.5 Å². The van der Waals surface area contributed by atoms with Crippen molar-refractivity contribution in [2.45, 2.75) is 17.1 Å². The Morgan fingerprint density at radius 2 is 1.92 bits per heavy atom. The molecule has 0 radical (unpaired) electrons. The summed E-state index contributed by atoms with van der Waals surface area (Å²) < 4.78 is 6.36. The fraction of sp³-hybridized carbons (Fsp3) is 0.235. The fourth-order valence-corrected chi connectivity index (χ4v) is 3.11. The number of ether oxygens (including phenoxy) is 1. The van der Waals surface area contributed by atoms with Gasteiger partial charge in [-0.1, -0.05) is 35.0 Å². The first-order valence-electron chi connectivity index (χ1n) is 7.20. The van der Waals surface area contributed by atoms with Crippen molar-refractivity contribution in [1.82, 2.24) is 0 Å². The van der Waals surface area contributed by atoms with Gasteiger partial charge in [0, 0.05) is 14.6 Å². The second-order valence-corrected chi connectivity index (χ2v) is 7.36. The number of nitrogens with zero attached hydrogens (tertiary/aromatic N) is 1. The zero-order valence-electron chi connectivity index (χ0n) is 13.5. The highest BCUT2D eigenvalue weighted by molar-refractivity contribution is 14.0. The number of rotatable bonds is 6. The van der Waals surface area contributed by atoms with Gasteiger partial charge in [0.2, 0.25) is 0 Å². The van der Waals surface area contributed by atoms with Crippen LogP contribution in [0, 0.1) is 0 Å². The normalized spacial score (nSPS) is 12.2. The van der Waals surface area contributed by atoms with Crippen LogP contribution in [0.15, 0.2) is 62.9 Å². The minimum atomic E-state index is 0. The molecule has 7 heteroatoms. The first-order valence-corrected chi connectivity index (χ1v) is 8.88. The Kier molecular flexibility index (Phi) is 9.53. The first kappa shape index (κ1) is 21.1. The molecule has 130 valence electrons. The molecule has 1 unspecified atom stereocenters. The van der Waals surface area contributed by atoms with Gasteiger partial charge in [-0.25, -0.2) is 0 Å². The summed E-state index contributed by atoms with van der Waals surface area (Å²) in [5.41, 5.74) is 6.77. The van der Waals surface area contributed by atoms with Crippen LogP contribution in [-0.2, 0) is 0 Å². The zero-order valence-corrected chi connectivity index (χ0v) is 18.3. The van der Waals surface area contributed by atoms with Crippen molar-refractivity contribution < 1.29 is 4.74 Å². The molecule has 0 aliphatic heterocycles. The van der Waals surface area contributed by atoms with E-state index < -0.39 is 0 Å². The maximum atomic E-state index is 5.96. The predicted octanol–water partition coefficient (Wildman–Crippen LogP) is 4.98. The number of anilines is 1. The molecule has 24 heavy (non-hydrogen) atoms. The maximum absolute atomic E-state index is 5.96. The van der Waals surface area contributed by atoms with Crippen molar-refractivity contribution in [3.05, 3.63) is 53.0 Å². The Morgan fingerprint density at radius 3 is 2.58 bits per heavy atom. The zero-order chi connectivity index (χ0) is 16.7. The third-order valence-corrected chi connectivity index (χ3v) is 4.66. The molecule has 0 fully saturated rings. The van der Waals surface area contributed by atoms with E-state index in [1.54, 1.807) is 18.9 Å². The van der Waals surface area contributed by atoms with E-state index in [1.165, 1.54) is 4.90 Å². The number of para-hydroxylation sites is 2. The number of aliphatic imine (C=N–C) groups is 1. The highest BCUT2D eigenvalue weighted by Gasteiger charge is 2.06. The van der Waals surface area contributed by atoms with Gasteiger partial charge < -0.3 is 15.8 Å². The molecule has 2 aromatic rings. The standard InChI is InChI=1S/C17H20BrN3OS.HI/c1-12(23-14-9-7-13(18)8-10-14)11-20-17(19)21-15-5-3-4-6-16(15)22-2;/h3-10,12H,11H2,1-2H3,(H3,19,20,21);1H. The van der Waals surface area contributed by atoms with Crippen LogP contribution < -0.4 is 15.8 Å². The Morgan fingerprint density at radius 1 is 1.25 bits per heavy atom. The molecule has 2 rings (SSSR count). The van der Waals surface area contributed by atoms with E-state index in [1.807, 2.05) is 36.4 Å². The topological polar surface area (TPSA) is 59.6 Å². The van der Waals surface area contributed by atoms with Crippen LogP contribution in [0.4, 0.5) is 5.69 Å². The molecular weight excluding hydrogens is 501 g/mol. The summed E-state index contributed by atoms with van der Waals surface area (Å²) in [5.74, 6) is 1.13. The van der Waals surface area contributed by atoms with Crippen molar-refractivity contribution >= 4 is 63.3 Å². The second-order valence-electron chi connectivity index (χ2n) is 4.93. The van der Waals surface area contributed by atoms with Crippen LogP contribution in [-0.4, -0.2) is 24.9 Å². The van der Waals surface area contributed by atoms with E-state index in [0.29, 0.717) is 17.8 Å². The third-order valence-electron chi connectivity index (χ3n) is 3.04. The van der Waals surface area contributed by atoms with E-state index in [-0.39, 0.29) is 24.0 Å². The summed E-state index contributed by atoms with van der Waals surface area (Å²) in [4.78, 5) is 5.62. The predicted molar refractivity (Wildman–Crippen MR) is 118 cm³/mol. The lowest BCUT2D eigenvalue weighted by Gasteiger charge is -2.12. The molecule has 0 saturated carbocycles. The molecule has 0 aromatic heterocycles. The Bertz CT molecular complexity index is 667. The monoisotopic (exact) mass is 521 g/mol. The lowest BCUT2D eigenvalue weighted by atomic mass is 10.3. The van der Waals surface area contributed by atoms with Crippen LogP contribution >= 0.6 is 51.7 Å². The van der Waals surface area contributed by atoms with Gasteiger partial charge in [-0.2, -0.15) is 0 Å². The molecule has 4 nitrogen and oxygen atoms in total. The van der Waals surface area contributed by atoms with Crippen LogP contribution in [0.5, 0.6) is 5.75 Å². The SMILES string of the molecule is COc1ccccc1NC(N)=NCC(C)Sc1ccc(Br)cc1.I. The van der Waals surface area contributed by atoms with E-state index >= 15 is 0 Å². The van der Waals surface area contributed by atoms with E-state index in [9.17, 15) is 0 Å². The number of benzene rings is 2. The molecule has 1 atom stereocenters. The first-order chi connectivity index (χ1) is 11.1. The molecule has 0 saturated heterocycles. The molecule has 0 bridgehead atoms. The summed E-state index contributed by atoms with van der Waals surface area (Å²) in [5, 5.41) is 3.40. The molecule has 0 spiro atoms. The van der Waals surface area contributed by atoms with Crippen LogP contribution in [0.1, 0.15) is 6.92 Å². The summed E-state index contributed by atoms with van der Waals surface area (Å²) in [6, 6.07) is 15.9. The second kappa shape index (κ2) is 10.8. The molecule has 0 heterocycles. The number of methoxy groups -OCH3 is 1. The summed E-state index contributed by atoms with van der Waals surface area (Å²) in [6.07, 6.45) is 0. The number of guanidine groups is 1. The average molecular weight is 522 g/mol. The fourth-order valence-electron chi connectivity index (χ4n) is 1.94. The van der Waals surface area contributed by atoms with Crippen LogP contribution in [0.2, 0.25) is 0 Å². The van der Waals surface area contributed by atoms with Crippen LogP contribution in [0.3, 0.4) is 0 Å². The van der Waals surface area contributed by atoms with Crippen LogP contribution in [0.25, 0.3) is 0 Å². The van der Waals surface area contributed by atoms with Gasteiger partial charge in [0.15, 0.2) is 5.96 Å². The minimum Gasteiger partial charge on any atom is -0.495 e. The van der Waals surface area contributed by atoms with Gasteiger partial charge in [0.05, 0.1) is 19.3 Å². The van der Waals surface area contributed by atoms with Crippen molar-refractivity contribution in [3.63, 3.8) is 0 Å². The summed E-state index contributed by atoms with van der Waals surface area (Å²) >= 11 is 5.21. The largest absolute Gasteiger partial charge is 0.495 e. The number of halogens is 2.